The lowest BCUT2D eigenvalue weighted by Crippen LogP contribution is -2.55. The summed E-state index contributed by atoms with van der Waals surface area (Å²) in [7, 11) is 12.4. The van der Waals surface area contributed by atoms with Gasteiger partial charge in [-0.25, -0.2) is 4.98 Å². The Morgan fingerprint density at radius 1 is 0.862 bits per heavy atom. The van der Waals surface area contributed by atoms with Gasteiger partial charge in [-0.15, -0.1) is 11.3 Å². The molecule has 3 aromatic rings. The average molecular weight is 538 g/mol. The second-order valence-corrected chi connectivity index (χ2v) is 19.0. The van der Waals surface area contributed by atoms with E-state index in [1.165, 1.54) is 4.70 Å². The first-order valence-electron chi connectivity index (χ1n) is 8.25. The van der Waals surface area contributed by atoms with E-state index in [1.807, 2.05) is 12.1 Å². The predicted octanol–water partition coefficient (Wildman–Crippen LogP) is 7.08. The highest BCUT2D eigenvalue weighted by molar-refractivity contribution is 9.41. The number of hydrogen-bond acceptors (Lipinski definition) is 11. The Bertz CT molecular complexity index is 897. The minimum Gasteiger partial charge on any atom is -0.373 e. The number of aromatic nitrogens is 1. The van der Waals surface area contributed by atoms with Crippen molar-refractivity contribution in [1.82, 2.24) is 4.98 Å². The molecule has 0 unspecified atom stereocenters. The van der Waals surface area contributed by atoms with Crippen molar-refractivity contribution in [3.63, 3.8) is 0 Å². The normalized spacial score (nSPS) is 12.0. The molecule has 3 rings (SSSR count). The smallest absolute Gasteiger partial charge is 0.373 e. The maximum absolute atomic E-state index is 5.68. The van der Waals surface area contributed by atoms with Crippen LogP contribution in [0.25, 0.3) is 10.2 Å². The first-order chi connectivity index (χ1) is 14.1. The molecule has 0 spiro atoms. The number of fused-ring (bicyclic) bond motifs is 1. The van der Waals surface area contributed by atoms with E-state index in [-0.39, 0.29) is 0 Å². The highest BCUT2D eigenvalue weighted by Gasteiger charge is 2.43. The second kappa shape index (κ2) is 12.0. The summed E-state index contributed by atoms with van der Waals surface area (Å²) >= 11 is 1.73. The summed E-state index contributed by atoms with van der Waals surface area (Å²) in [6.07, 6.45) is 0. The first kappa shape index (κ1) is 24.2. The minimum absolute atomic E-state index is 1.00. The van der Waals surface area contributed by atoms with Crippen LogP contribution < -0.4 is 5.19 Å². The number of thiazole rings is 1. The quantitative estimate of drug-likeness (QED) is 0.144. The predicted molar refractivity (Wildman–Crippen MR) is 139 cm³/mol. The third-order valence-electron chi connectivity index (χ3n) is 3.86. The molecule has 12 heteroatoms. The molecular formula is C17H19NO3S7Si. The van der Waals surface area contributed by atoms with E-state index in [4.69, 9.17) is 13.3 Å². The van der Waals surface area contributed by atoms with Crippen molar-refractivity contribution in [3.8, 4) is 0 Å². The Kier molecular flexibility index (Phi) is 9.96. The van der Waals surface area contributed by atoms with Crippen molar-refractivity contribution in [2.45, 2.75) is 16.2 Å². The summed E-state index contributed by atoms with van der Waals surface area (Å²) in [5.74, 6) is 0. The van der Waals surface area contributed by atoms with Gasteiger partial charge in [0.15, 0.2) is 4.34 Å². The zero-order valence-corrected chi connectivity index (χ0v) is 22.8. The molecule has 0 aliphatic carbocycles. The Hall–Kier alpha value is 0.527. The van der Waals surface area contributed by atoms with Crippen molar-refractivity contribution in [1.29, 1.82) is 0 Å². The Balaban J connectivity index is 1.51. The molecule has 1 heterocycles. The highest BCUT2D eigenvalue weighted by Crippen LogP contribution is 2.55. The van der Waals surface area contributed by atoms with Gasteiger partial charge in [-0.05, 0) is 86.0 Å². The zero-order valence-electron chi connectivity index (χ0n) is 16.1. The summed E-state index contributed by atoms with van der Waals surface area (Å²) in [6.45, 7) is 2.06. The zero-order chi connectivity index (χ0) is 20.7. The molecule has 0 radical (unpaired) electrons. The molecule has 0 fully saturated rings. The molecule has 0 atom stereocenters. The third-order valence-corrected chi connectivity index (χ3v) is 18.6. The molecule has 0 N–H and O–H groups in total. The molecule has 0 amide bonds. The van der Waals surface area contributed by atoms with Gasteiger partial charge in [0.2, 0.25) is 0 Å². The number of para-hydroxylation sites is 1. The number of rotatable bonds is 11. The molecule has 0 aliphatic rings. The van der Waals surface area contributed by atoms with Gasteiger partial charge in [-0.1, -0.05) is 29.8 Å². The number of aryl methyl sites for hydroxylation is 1. The first-order valence-corrected chi connectivity index (χ1v) is 18.3. The van der Waals surface area contributed by atoms with E-state index in [2.05, 4.69) is 42.2 Å². The van der Waals surface area contributed by atoms with Crippen molar-refractivity contribution < 1.29 is 13.3 Å². The van der Waals surface area contributed by atoms with Gasteiger partial charge in [-0.2, -0.15) is 0 Å². The summed E-state index contributed by atoms with van der Waals surface area (Å²) in [5.41, 5.74) is 2.22. The largest absolute Gasteiger partial charge is 0.537 e. The fraction of sp³-hybridized carbons (Fsp3) is 0.235. The third kappa shape index (κ3) is 6.28. The van der Waals surface area contributed by atoms with Crippen LogP contribution in [0.3, 0.4) is 0 Å². The lowest BCUT2D eigenvalue weighted by Gasteiger charge is -2.26. The van der Waals surface area contributed by atoms with Crippen LogP contribution in [0.1, 0.15) is 5.56 Å². The minimum atomic E-state index is -2.87. The van der Waals surface area contributed by atoms with Crippen molar-refractivity contribution in [2.75, 3.05) is 21.3 Å². The number of hydrogen-bond donors (Lipinski definition) is 0. The lowest BCUT2D eigenvalue weighted by molar-refractivity contribution is 0.140. The Morgan fingerprint density at radius 2 is 1.55 bits per heavy atom. The maximum Gasteiger partial charge on any atom is 0.537 e. The molecule has 0 saturated heterocycles. The summed E-state index contributed by atoms with van der Waals surface area (Å²) in [5, 5.41) is 1.00. The van der Waals surface area contributed by atoms with Gasteiger partial charge in [-0.3, -0.25) is 0 Å². The van der Waals surface area contributed by atoms with Gasteiger partial charge in [0, 0.05) is 31.4 Å². The van der Waals surface area contributed by atoms with E-state index >= 15 is 0 Å². The Labute approximate surface area is 198 Å². The van der Waals surface area contributed by atoms with Crippen LogP contribution in [0.4, 0.5) is 0 Å². The standard InChI is InChI=1S/C17H19NO3S7Si/c1-12-9-10-15(16(11-12)29(19-2,20-3)21-4)23-25-27-28-26-24-17-18-13-7-5-6-8-14(13)22-17/h5-11H,1-4H3. The van der Waals surface area contributed by atoms with Gasteiger partial charge in [0.05, 0.1) is 10.2 Å². The monoisotopic (exact) mass is 537 g/mol. The van der Waals surface area contributed by atoms with Gasteiger partial charge in [0.1, 0.15) is 0 Å². The number of nitrogens with zero attached hydrogens (tertiary/aromatic N) is 1. The van der Waals surface area contributed by atoms with Crippen molar-refractivity contribution in [3.05, 3.63) is 48.0 Å². The van der Waals surface area contributed by atoms with E-state index < -0.39 is 8.80 Å². The lowest BCUT2D eigenvalue weighted by atomic mass is 10.2. The molecule has 4 nitrogen and oxygen atoms in total. The van der Waals surface area contributed by atoms with Crippen LogP contribution in [-0.2, 0) is 13.3 Å². The van der Waals surface area contributed by atoms with Gasteiger partial charge < -0.3 is 13.3 Å². The fourth-order valence-corrected chi connectivity index (χ4v) is 17.8. The summed E-state index contributed by atoms with van der Waals surface area (Å²) < 4.78 is 19.4. The number of benzene rings is 2. The Morgan fingerprint density at radius 3 is 2.24 bits per heavy atom. The van der Waals surface area contributed by atoms with E-state index in [0.29, 0.717) is 0 Å². The van der Waals surface area contributed by atoms with E-state index in [1.54, 1.807) is 93.6 Å². The molecular weight excluding hydrogens is 519 g/mol. The van der Waals surface area contributed by atoms with Crippen LogP contribution in [0.2, 0.25) is 0 Å². The van der Waals surface area contributed by atoms with Crippen LogP contribution in [0.15, 0.2) is 51.7 Å². The molecule has 2 aromatic carbocycles. The van der Waals surface area contributed by atoms with Gasteiger partial charge >= 0.3 is 8.80 Å². The molecule has 29 heavy (non-hydrogen) atoms. The summed E-state index contributed by atoms with van der Waals surface area (Å²) in [4.78, 5) is 5.75. The SMILES string of the molecule is CO[Si](OC)(OC)c1cc(C)ccc1SSSSSSc1nc2ccccc2s1. The molecule has 1 aromatic heterocycles. The average Bonchev–Trinajstić information content (AvgIpc) is 3.16. The summed E-state index contributed by atoms with van der Waals surface area (Å²) in [6, 6.07) is 14.5. The molecule has 0 saturated carbocycles. The van der Waals surface area contributed by atoms with E-state index in [9.17, 15) is 0 Å². The van der Waals surface area contributed by atoms with Gasteiger partial charge in [0.25, 0.3) is 0 Å². The fourth-order valence-electron chi connectivity index (χ4n) is 2.54. The van der Waals surface area contributed by atoms with Crippen LogP contribution in [-0.4, -0.2) is 35.1 Å². The maximum atomic E-state index is 5.68. The highest BCUT2D eigenvalue weighted by atomic mass is 33.9. The van der Waals surface area contributed by atoms with Crippen LogP contribution in [0, 0.1) is 6.92 Å². The molecule has 0 aliphatic heterocycles. The van der Waals surface area contributed by atoms with Crippen LogP contribution in [0.5, 0.6) is 0 Å². The molecule has 156 valence electrons. The van der Waals surface area contributed by atoms with Crippen LogP contribution >= 0.6 is 72.2 Å². The van der Waals surface area contributed by atoms with Crippen molar-refractivity contribution in [2.24, 2.45) is 0 Å². The molecule has 0 bridgehead atoms. The second-order valence-electron chi connectivity index (χ2n) is 5.55. The van der Waals surface area contributed by atoms with E-state index in [0.717, 1.165) is 25.5 Å². The topological polar surface area (TPSA) is 40.6 Å². The van der Waals surface area contributed by atoms with Crippen molar-refractivity contribution >= 4 is 96.4 Å².